The van der Waals surface area contributed by atoms with Crippen LogP contribution in [0.3, 0.4) is 0 Å². The topological polar surface area (TPSA) is 59.7 Å². The summed E-state index contributed by atoms with van der Waals surface area (Å²) in [5, 5.41) is 13.1. The van der Waals surface area contributed by atoms with Gasteiger partial charge in [0.15, 0.2) is 5.82 Å². The molecule has 0 radical (unpaired) electrons. The Kier molecular flexibility index (Phi) is 5.96. The zero-order valence-electron chi connectivity index (χ0n) is 20.5. The number of benzene rings is 1. The lowest BCUT2D eigenvalue weighted by molar-refractivity contribution is -0.137. The Bertz CT molecular complexity index is 1220. The molecule has 0 amide bonds. The van der Waals surface area contributed by atoms with Crippen LogP contribution >= 0.6 is 0 Å². The summed E-state index contributed by atoms with van der Waals surface area (Å²) in [6, 6.07) is 7.85. The van der Waals surface area contributed by atoms with Gasteiger partial charge < -0.3 is 4.90 Å². The molecule has 2 aromatic heterocycles. The molecule has 2 aliphatic heterocycles. The third-order valence-electron chi connectivity index (χ3n) is 8.36. The van der Waals surface area contributed by atoms with E-state index in [1.54, 1.807) is 6.07 Å². The smallest absolute Gasteiger partial charge is 0.370 e. The van der Waals surface area contributed by atoms with Gasteiger partial charge in [0.05, 0.1) is 23.1 Å². The number of hydrogen-bond donors (Lipinski definition) is 0. The van der Waals surface area contributed by atoms with Crippen LogP contribution in [0, 0.1) is 24.7 Å². The van der Waals surface area contributed by atoms with E-state index >= 15 is 0 Å². The van der Waals surface area contributed by atoms with Gasteiger partial charge in [0.2, 0.25) is 0 Å². The molecule has 36 heavy (non-hydrogen) atoms. The maximum Gasteiger partial charge on any atom is 0.416 e. The summed E-state index contributed by atoms with van der Waals surface area (Å²) in [5.41, 5.74) is 2.16. The predicted octanol–water partition coefficient (Wildman–Crippen LogP) is 5.42. The molecule has 0 N–H and O–H groups in total. The second-order valence-corrected chi connectivity index (χ2v) is 10.7. The fourth-order valence-corrected chi connectivity index (χ4v) is 6.62. The lowest BCUT2D eigenvalue weighted by Gasteiger charge is -2.39. The number of aryl methyl sites for hydroxylation is 2. The minimum Gasteiger partial charge on any atom is -0.370 e. The number of hydrogen-bond acceptors (Lipinski definition) is 5. The number of halogens is 3. The van der Waals surface area contributed by atoms with Gasteiger partial charge in [-0.05, 0) is 68.1 Å². The maximum absolute atomic E-state index is 13.4. The lowest BCUT2D eigenvalue weighted by atomic mass is 9.82. The van der Waals surface area contributed by atoms with Crippen molar-refractivity contribution in [3.05, 3.63) is 65.0 Å². The number of rotatable bonds is 4. The summed E-state index contributed by atoms with van der Waals surface area (Å²) < 4.78 is 42.1. The summed E-state index contributed by atoms with van der Waals surface area (Å²) in [6.45, 7) is 4.76. The fourth-order valence-electron chi connectivity index (χ4n) is 6.62. The number of alkyl halides is 3. The monoisotopic (exact) mass is 496 g/mol. The minimum absolute atomic E-state index is 0.156. The van der Waals surface area contributed by atoms with Crippen LogP contribution in [-0.4, -0.2) is 38.1 Å². The van der Waals surface area contributed by atoms with Gasteiger partial charge in [0.25, 0.3) is 0 Å². The minimum atomic E-state index is -4.35. The first-order chi connectivity index (χ1) is 17.3. The first-order valence-electron chi connectivity index (χ1n) is 13.0. The Morgan fingerprint density at radius 1 is 1.03 bits per heavy atom. The number of piperidine rings is 1. The molecule has 1 saturated carbocycles. The van der Waals surface area contributed by atoms with Crippen molar-refractivity contribution >= 4 is 5.69 Å². The summed E-state index contributed by atoms with van der Waals surface area (Å²) in [5.74, 6) is 3.22. The lowest BCUT2D eigenvalue weighted by Crippen LogP contribution is -2.43. The van der Waals surface area contributed by atoms with Gasteiger partial charge >= 0.3 is 6.18 Å². The molecule has 1 aromatic carbocycles. The van der Waals surface area contributed by atoms with Crippen molar-refractivity contribution in [3.63, 3.8) is 0 Å². The Balaban J connectivity index is 1.22. The molecule has 2 unspecified atom stereocenters. The van der Waals surface area contributed by atoms with Crippen LogP contribution in [0.1, 0.15) is 66.5 Å². The number of nitrogens with zero attached hydrogens (tertiary/aromatic N) is 6. The molecule has 4 atom stereocenters. The fraction of sp³-hybridized carbons (Fsp3) is 0.556. The standard InChI is InChI=1S/C27H31F3N6/c1-17-11-22(14-31-33-17)35-15-19-8-9-20(16-35)24(19)13-25-32-26-23(7-2-3-10-36(26)34-25)18-5-4-6-21(12-18)27(28,29)30/h4-6,11-12,14,19-20,23-24H,2-3,7-10,13,15-16H2,1H3/t19-,20+,23?,24?. The van der Waals surface area contributed by atoms with Crippen molar-refractivity contribution in [3.8, 4) is 0 Å². The Labute approximate surface area is 208 Å². The molecular weight excluding hydrogens is 465 g/mol. The van der Waals surface area contributed by atoms with E-state index in [1.807, 2.05) is 17.8 Å². The van der Waals surface area contributed by atoms with E-state index in [0.29, 0.717) is 23.3 Å². The largest absolute Gasteiger partial charge is 0.416 e. The molecule has 0 spiro atoms. The average molecular weight is 497 g/mol. The van der Waals surface area contributed by atoms with Crippen LogP contribution in [0.25, 0.3) is 0 Å². The third-order valence-corrected chi connectivity index (χ3v) is 8.36. The van der Waals surface area contributed by atoms with Crippen LogP contribution in [0.15, 0.2) is 36.5 Å². The second kappa shape index (κ2) is 9.16. The van der Waals surface area contributed by atoms with E-state index < -0.39 is 11.7 Å². The van der Waals surface area contributed by atoms with Crippen molar-refractivity contribution in [1.29, 1.82) is 0 Å². The van der Waals surface area contributed by atoms with Crippen LogP contribution in [0.2, 0.25) is 0 Å². The van der Waals surface area contributed by atoms with Gasteiger partial charge in [-0.15, -0.1) is 0 Å². The van der Waals surface area contributed by atoms with Crippen molar-refractivity contribution in [2.75, 3.05) is 18.0 Å². The zero-order chi connectivity index (χ0) is 24.9. The van der Waals surface area contributed by atoms with Crippen LogP contribution in [-0.2, 0) is 19.1 Å². The second-order valence-electron chi connectivity index (χ2n) is 10.7. The van der Waals surface area contributed by atoms with Crippen LogP contribution in [0.5, 0.6) is 0 Å². The van der Waals surface area contributed by atoms with Crippen molar-refractivity contribution < 1.29 is 13.2 Å². The molecule has 4 heterocycles. The average Bonchev–Trinajstić information content (AvgIpc) is 3.25. The molecule has 2 bridgehead atoms. The Morgan fingerprint density at radius 2 is 1.83 bits per heavy atom. The number of anilines is 1. The quantitative estimate of drug-likeness (QED) is 0.483. The molecule has 3 aliphatic rings. The van der Waals surface area contributed by atoms with E-state index in [-0.39, 0.29) is 5.92 Å². The molecule has 190 valence electrons. The van der Waals surface area contributed by atoms with Gasteiger partial charge in [-0.1, -0.05) is 24.6 Å². The normalized spacial score (nSPS) is 26.1. The van der Waals surface area contributed by atoms with E-state index in [9.17, 15) is 13.2 Å². The molecule has 1 aliphatic carbocycles. The van der Waals surface area contributed by atoms with Gasteiger partial charge in [-0.3, -0.25) is 0 Å². The first kappa shape index (κ1) is 23.4. The highest BCUT2D eigenvalue weighted by molar-refractivity contribution is 5.45. The highest BCUT2D eigenvalue weighted by atomic mass is 19.4. The van der Waals surface area contributed by atoms with E-state index in [4.69, 9.17) is 10.1 Å². The molecule has 1 saturated heterocycles. The van der Waals surface area contributed by atoms with Crippen molar-refractivity contribution in [2.24, 2.45) is 17.8 Å². The van der Waals surface area contributed by atoms with Gasteiger partial charge in [0, 0.05) is 32.0 Å². The maximum atomic E-state index is 13.4. The molecule has 3 aromatic rings. The third kappa shape index (κ3) is 4.48. The number of fused-ring (bicyclic) bond motifs is 3. The molecule has 2 fully saturated rings. The van der Waals surface area contributed by atoms with Gasteiger partial charge in [-0.25, -0.2) is 9.67 Å². The molecule has 6 rings (SSSR count). The Hall–Kier alpha value is -2.97. The summed E-state index contributed by atoms with van der Waals surface area (Å²) >= 11 is 0. The van der Waals surface area contributed by atoms with Crippen molar-refractivity contribution in [2.45, 2.75) is 64.1 Å². The first-order valence-corrected chi connectivity index (χ1v) is 13.0. The molecule has 6 nitrogen and oxygen atoms in total. The SMILES string of the molecule is Cc1cc(N2C[C@H]3CC[C@@H](C2)C3Cc2nc3n(n2)CCCCC3c2cccc(C(F)(F)F)c2)cnn1. The molecule has 9 heteroatoms. The number of aromatic nitrogens is 5. The van der Waals surface area contributed by atoms with E-state index in [0.717, 1.165) is 74.4 Å². The van der Waals surface area contributed by atoms with Crippen LogP contribution in [0.4, 0.5) is 18.9 Å². The summed E-state index contributed by atoms with van der Waals surface area (Å²) in [4.78, 5) is 7.42. The van der Waals surface area contributed by atoms with Gasteiger partial charge in [-0.2, -0.15) is 28.5 Å². The Morgan fingerprint density at radius 3 is 2.58 bits per heavy atom. The summed E-state index contributed by atoms with van der Waals surface area (Å²) in [6.07, 6.45) is 3.48. The van der Waals surface area contributed by atoms with Crippen LogP contribution < -0.4 is 4.90 Å². The predicted molar refractivity (Wildman–Crippen MR) is 130 cm³/mol. The highest BCUT2D eigenvalue weighted by Crippen LogP contribution is 2.45. The summed E-state index contributed by atoms with van der Waals surface area (Å²) in [7, 11) is 0. The van der Waals surface area contributed by atoms with Gasteiger partial charge in [0.1, 0.15) is 5.82 Å². The highest BCUT2D eigenvalue weighted by Gasteiger charge is 2.43. The zero-order valence-corrected chi connectivity index (χ0v) is 20.5. The van der Waals surface area contributed by atoms with E-state index in [2.05, 4.69) is 21.2 Å². The van der Waals surface area contributed by atoms with E-state index in [1.165, 1.54) is 25.0 Å². The molecular formula is C27H31F3N6. The van der Waals surface area contributed by atoms with Crippen molar-refractivity contribution in [1.82, 2.24) is 25.0 Å².